The Hall–Kier alpha value is -2.10. The lowest BCUT2D eigenvalue weighted by Crippen LogP contribution is -2.13. The Morgan fingerprint density at radius 1 is 1.31 bits per heavy atom. The second-order valence-corrected chi connectivity index (χ2v) is 3.20. The molecule has 0 spiro atoms. The van der Waals surface area contributed by atoms with E-state index in [1.807, 2.05) is 30.3 Å². The Labute approximate surface area is 94.9 Å². The molecule has 4 heteroatoms. The van der Waals surface area contributed by atoms with E-state index in [1.54, 1.807) is 6.20 Å². The highest BCUT2D eigenvalue weighted by Crippen LogP contribution is 2.06. The van der Waals surface area contributed by atoms with Crippen molar-refractivity contribution < 1.29 is 4.79 Å². The van der Waals surface area contributed by atoms with E-state index in [1.165, 1.54) is 6.21 Å². The molecule has 1 amide bonds. The fraction of sp³-hybridized carbons (Fsp3) is 0.167. The minimum absolute atomic E-state index is 0.543. The largest absolute Gasteiger partial charge is 0.361 e. The van der Waals surface area contributed by atoms with Crippen LogP contribution in [-0.4, -0.2) is 19.2 Å². The van der Waals surface area contributed by atoms with Crippen LogP contribution >= 0.6 is 0 Å². The number of carbonyl (C=O) groups excluding carboxylic acids is 1. The number of carbonyl (C=O) groups is 1. The summed E-state index contributed by atoms with van der Waals surface area (Å²) in [7, 11) is 0. The molecule has 0 radical (unpaired) electrons. The monoisotopic (exact) mass is 217 g/mol. The van der Waals surface area contributed by atoms with Crippen LogP contribution in [0, 0.1) is 5.41 Å². The Morgan fingerprint density at radius 2 is 2.06 bits per heavy atom. The van der Waals surface area contributed by atoms with Gasteiger partial charge in [-0.05, 0) is 24.1 Å². The molecule has 1 aromatic carbocycles. The molecule has 4 nitrogen and oxygen atoms in total. The van der Waals surface area contributed by atoms with E-state index in [0.29, 0.717) is 19.4 Å². The molecule has 1 aromatic rings. The molecule has 0 aliphatic rings. The van der Waals surface area contributed by atoms with E-state index in [9.17, 15) is 4.79 Å². The molecule has 0 atom stereocenters. The molecule has 16 heavy (non-hydrogen) atoms. The Morgan fingerprint density at radius 3 is 2.69 bits per heavy atom. The van der Waals surface area contributed by atoms with Gasteiger partial charge in [0.2, 0.25) is 6.41 Å². The molecule has 0 bridgehead atoms. The fourth-order valence-corrected chi connectivity index (χ4v) is 1.17. The first-order valence-corrected chi connectivity index (χ1v) is 5.05. The average molecular weight is 217 g/mol. The van der Waals surface area contributed by atoms with Gasteiger partial charge in [0, 0.05) is 24.6 Å². The summed E-state index contributed by atoms with van der Waals surface area (Å²) in [4.78, 5) is 10.1. The summed E-state index contributed by atoms with van der Waals surface area (Å²) in [6, 6.07) is 9.71. The third kappa shape index (κ3) is 4.41. The second-order valence-electron chi connectivity index (χ2n) is 3.20. The van der Waals surface area contributed by atoms with Crippen molar-refractivity contribution in [3.05, 3.63) is 42.1 Å². The minimum Gasteiger partial charge on any atom is -0.361 e. The first-order chi connectivity index (χ1) is 7.86. The molecule has 3 N–H and O–H groups in total. The highest BCUT2D eigenvalue weighted by Gasteiger charge is 1.93. The molecule has 0 unspecified atom stereocenters. The van der Waals surface area contributed by atoms with Gasteiger partial charge >= 0.3 is 0 Å². The maximum Gasteiger partial charge on any atom is 0.207 e. The molecule has 0 fully saturated rings. The van der Waals surface area contributed by atoms with Crippen molar-refractivity contribution in [2.45, 2.75) is 6.42 Å². The summed E-state index contributed by atoms with van der Waals surface area (Å²) in [5.41, 5.74) is 1.81. The Bertz CT molecular complexity index is 360. The Kier molecular flexibility index (Phi) is 5.41. The van der Waals surface area contributed by atoms with Crippen LogP contribution in [0.2, 0.25) is 0 Å². The van der Waals surface area contributed by atoms with Gasteiger partial charge in [0.15, 0.2) is 0 Å². The van der Waals surface area contributed by atoms with Gasteiger partial charge in [-0.15, -0.1) is 0 Å². The molecule has 0 aromatic heterocycles. The topological polar surface area (TPSA) is 65.0 Å². The molecule has 84 valence electrons. The summed E-state index contributed by atoms with van der Waals surface area (Å²) >= 11 is 0. The van der Waals surface area contributed by atoms with Crippen LogP contribution in [0.3, 0.4) is 0 Å². The normalized spacial score (nSPS) is 10.6. The number of nitrogens with one attached hydrogen (secondary N) is 3. The molecule has 1 rings (SSSR count). The smallest absolute Gasteiger partial charge is 0.207 e. The average Bonchev–Trinajstić information content (AvgIpc) is 2.35. The fourth-order valence-electron chi connectivity index (χ4n) is 1.17. The van der Waals surface area contributed by atoms with Crippen LogP contribution in [0.5, 0.6) is 0 Å². The molecule has 0 aliphatic heterocycles. The van der Waals surface area contributed by atoms with Crippen molar-refractivity contribution in [2.24, 2.45) is 0 Å². The van der Waals surface area contributed by atoms with Crippen molar-refractivity contribution in [1.29, 1.82) is 5.41 Å². The van der Waals surface area contributed by atoms with Gasteiger partial charge in [0.25, 0.3) is 0 Å². The molecule has 0 saturated carbocycles. The zero-order valence-electron chi connectivity index (χ0n) is 8.94. The van der Waals surface area contributed by atoms with Gasteiger partial charge in [0.1, 0.15) is 0 Å². The number of benzene rings is 1. The third-order valence-electron chi connectivity index (χ3n) is 2.02. The van der Waals surface area contributed by atoms with Crippen LogP contribution in [0.1, 0.15) is 6.42 Å². The van der Waals surface area contributed by atoms with Gasteiger partial charge in [-0.2, -0.15) is 0 Å². The first-order valence-electron chi connectivity index (χ1n) is 5.05. The Balaban J connectivity index is 2.46. The van der Waals surface area contributed by atoms with E-state index in [4.69, 9.17) is 5.41 Å². The third-order valence-corrected chi connectivity index (χ3v) is 2.02. The number of para-hydroxylation sites is 1. The van der Waals surface area contributed by atoms with E-state index in [-0.39, 0.29) is 0 Å². The van der Waals surface area contributed by atoms with Gasteiger partial charge in [-0.1, -0.05) is 18.2 Å². The van der Waals surface area contributed by atoms with Crippen molar-refractivity contribution in [2.75, 3.05) is 11.9 Å². The van der Waals surface area contributed by atoms with E-state index in [0.717, 1.165) is 11.3 Å². The first kappa shape index (κ1) is 12.0. The molecule has 0 aliphatic carbocycles. The van der Waals surface area contributed by atoms with Gasteiger partial charge < -0.3 is 16.0 Å². The molecular formula is C12H15N3O. The van der Waals surface area contributed by atoms with Gasteiger partial charge in [-0.3, -0.25) is 4.79 Å². The van der Waals surface area contributed by atoms with E-state index >= 15 is 0 Å². The molecule has 0 saturated heterocycles. The lowest BCUT2D eigenvalue weighted by Gasteiger charge is -2.03. The number of hydrogen-bond donors (Lipinski definition) is 3. The zero-order chi connectivity index (χ0) is 11.6. The van der Waals surface area contributed by atoms with Crippen LogP contribution in [0.4, 0.5) is 5.69 Å². The summed E-state index contributed by atoms with van der Waals surface area (Å²) in [6.07, 6.45) is 4.35. The van der Waals surface area contributed by atoms with Crippen LogP contribution in [0.25, 0.3) is 0 Å². The van der Waals surface area contributed by atoms with E-state index in [2.05, 4.69) is 10.6 Å². The summed E-state index contributed by atoms with van der Waals surface area (Å²) in [6.45, 7) is 0.543. The van der Waals surface area contributed by atoms with Gasteiger partial charge in [0.05, 0.1) is 0 Å². The van der Waals surface area contributed by atoms with Crippen molar-refractivity contribution in [1.82, 2.24) is 5.32 Å². The standard InChI is InChI=1S/C12H15N3O/c13-8-11(6-7-14-10-16)9-15-12-4-2-1-3-5-12/h1-5,8-10,13,15H,6-7H2,(H,14,16)/b11-9-,13-8?. The summed E-state index contributed by atoms with van der Waals surface area (Å²) in [5.74, 6) is 0. The minimum atomic E-state index is 0.543. The number of anilines is 1. The SMILES string of the molecule is N=C/C(=C\Nc1ccccc1)CCNC=O. The summed E-state index contributed by atoms with van der Waals surface area (Å²) in [5, 5.41) is 12.9. The lowest BCUT2D eigenvalue weighted by molar-refractivity contribution is -0.109. The maximum atomic E-state index is 10.1. The van der Waals surface area contributed by atoms with Crippen LogP contribution in [-0.2, 0) is 4.79 Å². The predicted molar refractivity (Wildman–Crippen MR) is 65.6 cm³/mol. The quantitative estimate of drug-likeness (QED) is 0.370. The highest BCUT2D eigenvalue weighted by molar-refractivity contribution is 5.76. The maximum absolute atomic E-state index is 10.1. The zero-order valence-corrected chi connectivity index (χ0v) is 8.94. The van der Waals surface area contributed by atoms with Gasteiger partial charge in [-0.25, -0.2) is 0 Å². The van der Waals surface area contributed by atoms with Crippen molar-refractivity contribution >= 4 is 18.3 Å². The number of amides is 1. The van der Waals surface area contributed by atoms with Crippen molar-refractivity contribution in [3.8, 4) is 0 Å². The summed E-state index contributed by atoms with van der Waals surface area (Å²) < 4.78 is 0. The molecule has 0 heterocycles. The molecular weight excluding hydrogens is 202 g/mol. The van der Waals surface area contributed by atoms with Crippen molar-refractivity contribution in [3.63, 3.8) is 0 Å². The predicted octanol–water partition coefficient (Wildman–Crippen LogP) is 1.77. The highest BCUT2D eigenvalue weighted by atomic mass is 16.1. The van der Waals surface area contributed by atoms with E-state index < -0.39 is 0 Å². The number of rotatable bonds is 7. The lowest BCUT2D eigenvalue weighted by atomic mass is 10.2. The van der Waals surface area contributed by atoms with Crippen LogP contribution in [0.15, 0.2) is 42.1 Å². The second kappa shape index (κ2) is 7.23. The van der Waals surface area contributed by atoms with Crippen LogP contribution < -0.4 is 10.6 Å². The number of hydrogen-bond acceptors (Lipinski definition) is 3.